The summed E-state index contributed by atoms with van der Waals surface area (Å²) in [4.78, 5) is 26.1. The molecule has 2 fully saturated rings. The lowest BCUT2D eigenvalue weighted by Gasteiger charge is -2.33. The zero-order chi connectivity index (χ0) is 17.3. The number of aliphatic carboxylic acids is 1. The van der Waals surface area contributed by atoms with Gasteiger partial charge in [-0.1, -0.05) is 17.7 Å². The first kappa shape index (κ1) is 17.0. The first-order chi connectivity index (χ1) is 11.5. The molecule has 1 aromatic rings. The van der Waals surface area contributed by atoms with Crippen LogP contribution in [0.1, 0.15) is 12.0 Å². The average Bonchev–Trinajstić information content (AvgIpc) is 2.98. The van der Waals surface area contributed by atoms with E-state index in [0.29, 0.717) is 42.5 Å². The van der Waals surface area contributed by atoms with Crippen molar-refractivity contribution in [1.82, 2.24) is 4.90 Å². The summed E-state index contributed by atoms with van der Waals surface area (Å²) >= 11 is 6.19. The van der Waals surface area contributed by atoms with E-state index in [1.54, 1.807) is 23.1 Å². The predicted molar refractivity (Wildman–Crippen MR) is 87.3 cm³/mol. The number of likely N-dealkylation sites (tertiary alicyclic amines) is 1. The number of hydrogen-bond donors (Lipinski definition) is 1. The summed E-state index contributed by atoms with van der Waals surface area (Å²) < 4.78 is 10.7. The second-order valence-corrected chi connectivity index (χ2v) is 6.76. The number of benzene rings is 1. The first-order valence-electron chi connectivity index (χ1n) is 7.88. The molecule has 2 atom stereocenters. The van der Waals surface area contributed by atoms with Gasteiger partial charge in [0, 0.05) is 36.2 Å². The van der Waals surface area contributed by atoms with Crippen LogP contribution < -0.4 is 4.74 Å². The van der Waals surface area contributed by atoms with E-state index < -0.39 is 11.4 Å². The Kier molecular flexibility index (Phi) is 4.69. The van der Waals surface area contributed by atoms with Crippen molar-refractivity contribution in [2.45, 2.75) is 12.8 Å². The topological polar surface area (TPSA) is 76.1 Å². The van der Waals surface area contributed by atoms with Crippen LogP contribution in [-0.4, -0.2) is 55.3 Å². The number of hydrogen-bond acceptors (Lipinski definition) is 4. The molecule has 2 saturated heterocycles. The van der Waals surface area contributed by atoms with Crippen LogP contribution in [-0.2, 0) is 20.7 Å². The fourth-order valence-electron chi connectivity index (χ4n) is 3.65. The second-order valence-electron chi connectivity index (χ2n) is 6.35. The minimum atomic E-state index is -0.890. The number of carboxylic acid groups (broad SMARTS) is 1. The Labute approximate surface area is 145 Å². The van der Waals surface area contributed by atoms with Crippen LogP contribution >= 0.6 is 11.6 Å². The van der Waals surface area contributed by atoms with Crippen LogP contribution in [0.25, 0.3) is 0 Å². The number of nitrogens with zero attached hydrogens (tertiary/aromatic N) is 1. The maximum absolute atomic E-state index is 12.7. The van der Waals surface area contributed by atoms with Gasteiger partial charge in [-0.3, -0.25) is 9.59 Å². The van der Waals surface area contributed by atoms with Gasteiger partial charge in [0.25, 0.3) is 0 Å². The summed E-state index contributed by atoms with van der Waals surface area (Å²) in [5.74, 6) is -0.595. The molecule has 0 unspecified atom stereocenters. The molecule has 24 heavy (non-hydrogen) atoms. The molecule has 6 nitrogen and oxygen atoms in total. The summed E-state index contributed by atoms with van der Waals surface area (Å²) in [6, 6.07) is 5.23. The quantitative estimate of drug-likeness (QED) is 0.893. The standard InChI is InChI=1S/C17H20ClNO5/c1-23-14-4-2-3-13(18)12(14)7-15(20)19-8-11-9-24-6-5-17(11,10-19)16(21)22/h2-4,11H,5-10H2,1H3,(H,21,22)/t11-,17+/m0/s1. The number of amides is 1. The number of carbonyl (C=O) groups excluding carboxylic acids is 1. The lowest BCUT2D eigenvalue weighted by Crippen LogP contribution is -2.45. The zero-order valence-corrected chi connectivity index (χ0v) is 14.2. The molecular weight excluding hydrogens is 334 g/mol. The van der Waals surface area contributed by atoms with Gasteiger partial charge in [0.1, 0.15) is 5.75 Å². The van der Waals surface area contributed by atoms with Crippen LogP contribution in [0.15, 0.2) is 18.2 Å². The van der Waals surface area contributed by atoms with Crippen LogP contribution in [0, 0.1) is 11.3 Å². The lowest BCUT2D eigenvalue weighted by atomic mass is 9.74. The van der Waals surface area contributed by atoms with Gasteiger partial charge >= 0.3 is 5.97 Å². The van der Waals surface area contributed by atoms with Crippen molar-refractivity contribution in [3.8, 4) is 5.75 Å². The third-order valence-corrected chi connectivity index (χ3v) is 5.46. The van der Waals surface area contributed by atoms with Crippen molar-refractivity contribution in [1.29, 1.82) is 0 Å². The van der Waals surface area contributed by atoms with E-state index >= 15 is 0 Å². The normalized spacial score (nSPS) is 26.1. The number of halogens is 1. The zero-order valence-electron chi connectivity index (χ0n) is 13.5. The Bertz CT molecular complexity index is 664. The lowest BCUT2D eigenvalue weighted by molar-refractivity contribution is -0.157. The smallest absolute Gasteiger partial charge is 0.311 e. The monoisotopic (exact) mass is 353 g/mol. The van der Waals surface area contributed by atoms with Crippen molar-refractivity contribution in [2.24, 2.45) is 11.3 Å². The molecular formula is C17H20ClNO5. The molecule has 7 heteroatoms. The van der Waals surface area contributed by atoms with Crippen molar-refractivity contribution >= 4 is 23.5 Å². The highest BCUT2D eigenvalue weighted by Gasteiger charge is 2.54. The van der Waals surface area contributed by atoms with Crippen LogP contribution in [0.3, 0.4) is 0 Å². The highest BCUT2D eigenvalue weighted by atomic mass is 35.5. The number of carboxylic acids is 1. The molecule has 0 saturated carbocycles. The summed E-state index contributed by atoms with van der Waals surface area (Å²) in [5, 5.41) is 10.1. The molecule has 0 spiro atoms. The van der Waals surface area contributed by atoms with Gasteiger partial charge in [-0.15, -0.1) is 0 Å². The Morgan fingerprint density at radius 1 is 1.50 bits per heavy atom. The molecule has 0 radical (unpaired) electrons. The molecule has 3 rings (SSSR count). The van der Waals surface area contributed by atoms with Gasteiger partial charge in [-0.2, -0.15) is 0 Å². The summed E-state index contributed by atoms with van der Waals surface area (Å²) in [6.07, 6.45) is 0.526. The van der Waals surface area contributed by atoms with Gasteiger partial charge in [-0.05, 0) is 18.6 Å². The Hall–Kier alpha value is -1.79. The maximum atomic E-state index is 12.7. The number of fused-ring (bicyclic) bond motifs is 1. The molecule has 0 aliphatic carbocycles. The van der Waals surface area contributed by atoms with Gasteiger partial charge in [-0.25, -0.2) is 0 Å². The fraction of sp³-hybridized carbons (Fsp3) is 0.529. The van der Waals surface area contributed by atoms with Crippen molar-refractivity contribution in [2.75, 3.05) is 33.4 Å². The van der Waals surface area contributed by atoms with E-state index in [1.807, 2.05) is 0 Å². The van der Waals surface area contributed by atoms with E-state index in [2.05, 4.69) is 0 Å². The predicted octanol–water partition coefficient (Wildman–Crippen LogP) is 1.84. The molecule has 1 amide bonds. The average molecular weight is 354 g/mol. The molecule has 2 aliphatic heterocycles. The molecule has 130 valence electrons. The Balaban J connectivity index is 1.79. The van der Waals surface area contributed by atoms with E-state index in [4.69, 9.17) is 21.1 Å². The molecule has 0 aromatic heterocycles. The number of carbonyl (C=O) groups is 2. The number of rotatable bonds is 4. The summed E-state index contributed by atoms with van der Waals surface area (Å²) in [7, 11) is 1.53. The highest BCUT2D eigenvalue weighted by Crippen LogP contribution is 2.42. The van der Waals surface area contributed by atoms with Crippen LogP contribution in [0.4, 0.5) is 0 Å². The minimum Gasteiger partial charge on any atom is -0.496 e. The largest absolute Gasteiger partial charge is 0.496 e. The number of methoxy groups -OCH3 is 1. The van der Waals surface area contributed by atoms with E-state index in [9.17, 15) is 14.7 Å². The number of ether oxygens (including phenoxy) is 2. The second kappa shape index (κ2) is 6.61. The summed E-state index contributed by atoms with van der Waals surface area (Å²) in [5.41, 5.74) is -0.263. The minimum absolute atomic E-state index is 0.0894. The van der Waals surface area contributed by atoms with Gasteiger partial charge in [0.15, 0.2) is 0 Å². The van der Waals surface area contributed by atoms with Crippen molar-refractivity contribution < 1.29 is 24.2 Å². The highest BCUT2D eigenvalue weighted by molar-refractivity contribution is 6.31. The van der Waals surface area contributed by atoms with Crippen molar-refractivity contribution in [3.63, 3.8) is 0 Å². The van der Waals surface area contributed by atoms with Crippen molar-refractivity contribution in [3.05, 3.63) is 28.8 Å². The fourth-order valence-corrected chi connectivity index (χ4v) is 3.89. The Morgan fingerprint density at radius 2 is 2.29 bits per heavy atom. The molecule has 2 aliphatic rings. The van der Waals surface area contributed by atoms with E-state index in [0.717, 1.165) is 0 Å². The summed E-state index contributed by atoms with van der Waals surface area (Å²) in [6.45, 7) is 1.43. The molecule has 2 heterocycles. The molecule has 0 bridgehead atoms. The first-order valence-corrected chi connectivity index (χ1v) is 8.26. The van der Waals surface area contributed by atoms with Gasteiger partial charge < -0.3 is 19.5 Å². The van der Waals surface area contributed by atoms with Crippen LogP contribution in [0.2, 0.25) is 5.02 Å². The third-order valence-electron chi connectivity index (χ3n) is 5.11. The van der Waals surface area contributed by atoms with Crippen LogP contribution in [0.5, 0.6) is 5.75 Å². The van der Waals surface area contributed by atoms with E-state index in [-0.39, 0.29) is 24.8 Å². The van der Waals surface area contributed by atoms with Gasteiger partial charge in [0.05, 0.1) is 25.6 Å². The SMILES string of the molecule is COc1cccc(Cl)c1CC(=O)N1C[C@H]2COCC[C@@]2(C(=O)O)C1. The molecule has 1 N–H and O–H groups in total. The molecule has 1 aromatic carbocycles. The maximum Gasteiger partial charge on any atom is 0.311 e. The third kappa shape index (κ3) is 2.84. The Morgan fingerprint density at radius 3 is 2.96 bits per heavy atom. The van der Waals surface area contributed by atoms with Gasteiger partial charge in [0.2, 0.25) is 5.91 Å². The van der Waals surface area contributed by atoms with E-state index in [1.165, 1.54) is 7.11 Å².